The van der Waals surface area contributed by atoms with Crippen molar-refractivity contribution in [2.75, 3.05) is 19.8 Å². The summed E-state index contributed by atoms with van der Waals surface area (Å²) in [5, 5.41) is 0.723. The number of thioether (sulfide) groups is 1. The summed E-state index contributed by atoms with van der Waals surface area (Å²) in [6.07, 6.45) is 1.85. The van der Waals surface area contributed by atoms with Crippen molar-refractivity contribution < 1.29 is 14.3 Å². The molecule has 1 amide bonds. The summed E-state index contributed by atoms with van der Waals surface area (Å²) < 4.78 is 12.0. The Morgan fingerprint density at radius 2 is 1.75 bits per heavy atom. The van der Waals surface area contributed by atoms with E-state index in [1.807, 2.05) is 62.4 Å². The first-order valence-electron chi connectivity index (χ1n) is 8.85. The molecule has 1 saturated heterocycles. The molecule has 0 bridgehead atoms. The summed E-state index contributed by atoms with van der Waals surface area (Å²) in [5.74, 6) is 1.48. The number of amides is 1. The van der Waals surface area contributed by atoms with Crippen LogP contribution in [0, 0.1) is 6.92 Å². The number of benzene rings is 2. The molecule has 0 aliphatic carbocycles. The Morgan fingerprint density at radius 1 is 1.11 bits per heavy atom. The molecule has 1 heterocycles. The van der Waals surface area contributed by atoms with Gasteiger partial charge >= 0.3 is 0 Å². The molecular weight excluding hydrogens is 414 g/mol. The highest BCUT2D eigenvalue weighted by atomic mass is 35.5. The number of likely N-dealkylation sites (N-methyl/N-ethyl adjacent to an activating group) is 1. The van der Waals surface area contributed by atoms with Crippen molar-refractivity contribution in [3.8, 4) is 11.5 Å². The molecule has 1 aliphatic heterocycles. The summed E-state index contributed by atoms with van der Waals surface area (Å²) in [6.45, 7) is 5.30. The average Bonchev–Trinajstić information content (AvgIpc) is 2.95. The van der Waals surface area contributed by atoms with Crippen LogP contribution >= 0.6 is 35.6 Å². The molecule has 146 valence electrons. The van der Waals surface area contributed by atoms with Gasteiger partial charge in [0.2, 0.25) is 0 Å². The second-order valence-corrected chi connectivity index (χ2v) is 8.19. The molecule has 1 aliphatic rings. The average molecular weight is 434 g/mol. The van der Waals surface area contributed by atoms with Crippen LogP contribution in [0.1, 0.15) is 18.1 Å². The predicted molar refractivity (Wildman–Crippen MR) is 119 cm³/mol. The van der Waals surface area contributed by atoms with Crippen LogP contribution in [-0.4, -0.2) is 34.9 Å². The fourth-order valence-electron chi connectivity index (χ4n) is 2.61. The summed E-state index contributed by atoms with van der Waals surface area (Å²) in [4.78, 5) is 14.5. The van der Waals surface area contributed by atoms with Gasteiger partial charge in [0.15, 0.2) is 0 Å². The molecule has 28 heavy (non-hydrogen) atoms. The molecule has 0 saturated carbocycles. The fourth-order valence-corrected chi connectivity index (χ4v) is 4.11. The third kappa shape index (κ3) is 5.07. The Hall–Kier alpha value is -2.02. The molecule has 0 unspecified atom stereocenters. The van der Waals surface area contributed by atoms with E-state index in [0.717, 1.165) is 27.6 Å². The number of hydrogen-bond donors (Lipinski definition) is 0. The monoisotopic (exact) mass is 433 g/mol. The van der Waals surface area contributed by atoms with Crippen molar-refractivity contribution >= 4 is 51.9 Å². The highest BCUT2D eigenvalue weighted by molar-refractivity contribution is 8.26. The van der Waals surface area contributed by atoms with Crippen LogP contribution in [0.5, 0.6) is 11.5 Å². The minimum atomic E-state index is -0.0348. The predicted octanol–water partition coefficient (Wildman–Crippen LogP) is 5.33. The van der Waals surface area contributed by atoms with Crippen molar-refractivity contribution in [3.05, 3.63) is 63.5 Å². The Kier molecular flexibility index (Phi) is 6.99. The van der Waals surface area contributed by atoms with Crippen LogP contribution in [-0.2, 0) is 4.79 Å². The molecule has 0 spiro atoms. The second-order valence-electron chi connectivity index (χ2n) is 6.10. The van der Waals surface area contributed by atoms with E-state index in [2.05, 4.69) is 0 Å². The molecule has 4 nitrogen and oxygen atoms in total. The number of halogens is 1. The Bertz CT molecular complexity index is 912. The zero-order valence-corrected chi connectivity index (χ0v) is 18.0. The summed E-state index contributed by atoms with van der Waals surface area (Å²) in [5.41, 5.74) is 1.91. The quantitative estimate of drug-likeness (QED) is 0.335. The van der Waals surface area contributed by atoms with Gasteiger partial charge in [0.25, 0.3) is 5.91 Å². The minimum absolute atomic E-state index is 0.0348. The maximum atomic E-state index is 12.3. The van der Waals surface area contributed by atoms with E-state index in [-0.39, 0.29) is 5.91 Å². The van der Waals surface area contributed by atoms with Gasteiger partial charge in [-0.25, -0.2) is 0 Å². The lowest BCUT2D eigenvalue weighted by Gasteiger charge is -2.10. The third-order valence-electron chi connectivity index (χ3n) is 4.12. The molecule has 3 rings (SSSR count). The van der Waals surface area contributed by atoms with Gasteiger partial charge in [-0.1, -0.05) is 47.7 Å². The third-order valence-corrected chi connectivity index (χ3v) is 5.92. The molecule has 1 fully saturated rings. The van der Waals surface area contributed by atoms with Gasteiger partial charge in [0, 0.05) is 11.6 Å². The number of ether oxygens (including phenoxy) is 2. The van der Waals surface area contributed by atoms with Crippen LogP contribution < -0.4 is 9.47 Å². The van der Waals surface area contributed by atoms with Crippen LogP contribution in [0.15, 0.2) is 47.4 Å². The lowest BCUT2D eigenvalue weighted by atomic mass is 10.2. The first-order chi connectivity index (χ1) is 13.5. The zero-order valence-electron chi connectivity index (χ0n) is 15.6. The molecule has 2 aromatic rings. The largest absolute Gasteiger partial charge is 0.490 e. The SMILES string of the molecule is CCN1C(=O)/C(=C/c2ccc(OCCOc3ccc(Cl)c(C)c3)cc2)SC1=S. The van der Waals surface area contributed by atoms with Gasteiger partial charge < -0.3 is 9.47 Å². The number of aryl methyl sites for hydroxylation is 1. The Morgan fingerprint density at radius 3 is 2.36 bits per heavy atom. The van der Waals surface area contributed by atoms with Gasteiger partial charge in [0.1, 0.15) is 29.0 Å². The van der Waals surface area contributed by atoms with Gasteiger partial charge in [0.05, 0.1) is 4.91 Å². The second kappa shape index (κ2) is 9.45. The van der Waals surface area contributed by atoms with Gasteiger partial charge in [-0.05, 0) is 61.4 Å². The topological polar surface area (TPSA) is 38.8 Å². The maximum absolute atomic E-state index is 12.3. The van der Waals surface area contributed by atoms with E-state index < -0.39 is 0 Å². The summed E-state index contributed by atoms with van der Waals surface area (Å²) in [6, 6.07) is 13.1. The maximum Gasteiger partial charge on any atom is 0.266 e. The van der Waals surface area contributed by atoms with E-state index in [1.54, 1.807) is 4.90 Å². The van der Waals surface area contributed by atoms with Gasteiger partial charge in [-0.3, -0.25) is 9.69 Å². The highest BCUT2D eigenvalue weighted by Crippen LogP contribution is 2.32. The standard InChI is InChI=1S/C21H20ClNO3S2/c1-3-23-20(24)19(28-21(23)27)13-15-4-6-16(7-5-15)25-10-11-26-17-8-9-18(22)14(2)12-17/h4-9,12-13H,3,10-11H2,1-2H3/b19-13-. The zero-order chi connectivity index (χ0) is 20.1. The fraction of sp³-hybridized carbons (Fsp3) is 0.238. The van der Waals surface area contributed by atoms with Crippen molar-refractivity contribution in [1.29, 1.82) is 0 Å². The highest BCUT2D eigenvalue weighted by Gasteiger charge is 2.30. The van der Waals surface area contributed by atoms with E-state index in [1.165, 1.54) is 11.8 Å². The first-order valence-corrected chi connectivity index (χ1v) is 10.5. The van der Waals surface area contributed by atoms with Gasteiger partial charge in [-0.15, -0.1) is 0 Å². The molecule has 0 atom stereocenters. The number of nitrogens with zero attached hydrogens (tertiary/aromatic N) is 1. The van der Waals surface area contributed by atoms with Crippen molar-refractivity contribution in [3.63, 3.8) is 0 Å². The lowest BCUT2D eigenvalue weighted by Crippen LogP contribution is -2.27. The van der Waals surface area contributed by atoms with E-state index in [9.17, 15) is 4.79 Å². The minimum Gasteiger partial charge on any atom is -0.490 e. The van der Waals surface area contributed by atoms with E-state index in [0.29, 0.717) is 29.0 Å². The van der Waals surface area contributed by atoms with Crippen molar-refractivity contribution in [2.45, 2.75) is 13.8 Å². The van der Waals surface area contributed by atoms with E-state index in [4.69, 9.17) is 33.3 Å². The molecule has 0 radical (unpaired) electrons. The Balaban J connectivity index is 1.51. The first kappa shape index (κ1) is 20.7. The number of hydrogen-bond acceptors (Lipinski definition) is 5. The number of carbonyl (C=O) groups excluding carboxylic acids is 1. The molecule has 0 aromatic heterocycles. The molecular formula is C21H20ClNO3S2. The number of rotatable bonds is 7. The van der Waals surface area contributed by atoms with Crippen LogP contribution in [0.2, 0.25) is 5.02 Å². The molecule has 7 heteroatoms. The smallest absolute Gasteiger partial charge is 0.266 e. The lowest BCUT2D eigenvalue weighted by molar-refractivity contribution is -0.121. The van der Waals surface area contributed by atoms with E-state index >= 15 is 0 Å². The van der Waals surface area contributed by atoms with Crippen molar-refractivity contribution in [2.24, 2.45) is 0 Å². The number of carbonyl (C=O) groups is 1. The number of thiocarbonyl (C=S) groups is 1. The van der Waals surface area contributed by atoms with Crippen LogP contribution in [0.25, 0.3) is 6.08 Å². The molecule has 2 aromatic carbocycles. The normalized spacial score (nSPS) is 15.4. The van der Waals surface area contributed by atoms with Crippen LogP contribution in [0.4, 0.5) is 0 Å². The molecule has 0 N–H and O–H groups in total. The Labute approximate surface area is 179 Å². The summed E-state index contributed by atoms with van der Waals surface area (Å²) >= 11 is 12.6. The van der Waals surface area contributed by atoms with Crippen LogP contribution in [0.3, 0.4) is 0 Å². The van der Waals surface area contributed by atoms with Crippen molar-refractivity contribution in [1.82, 2.24) is 4.90 Å². The summed E-state index contributed by atoms with van der Waals surface area (Å²) in [7, 11) is 0. The van der Waals surface area contributed by atoms with Gasteiger partial charge in [-0.2, -0.15) is 0 Å².